The molecular weight excluding hydrogens is 502 g/mol. The fourth-order valence-electron chi connectivity index (χ4n) is 3.16. The number of nitrogens with zero attached hydrogens (tertiary/aromatic N) is 5. The molecule has 0 radical (unpaired) electrons. The number of aromatic nitrogens is 4. The molecule has 2 N–H and O–H groups in total. The fourth-order valence-corrected chi connectivity index (χ4v) is 3.78. The SMILES string of the molecule is Cn1nc(CNc2ccc(C(=O)NC3CCN(C(=O)OC(C)(C)C)CC3)nn2)c(Br)c1Cl. The molecule has 0 saturated carbocycles. The third kappa shape index (κ3) is 6.32. The van der Waals surface area contributed by atoms with Crippen molar-refractivity contribution in [2.75, 3.05) is 18.4 Å². The molecule has 32 heavy (non-hydrogen) atoms. The number of piperidine rings is 1. The van der Waals surface area contributed by atoms with E-state index in [-0.39, 0.29) is 23.7 Å². The van der Waals surface area contributed by atoms with Gasteiger partial charge < -0.3 is 20.3 Å². The molecule has 174 valence electrons. The minimum absolute atomic E-state index is 0.0351. The maximum absolute atomic E-state index is 12.5. The number of hydrogen-bond acceptors (Lipinski definition) is 7. The highest BCUT2D eigenvalue weighted by Crippen LogP contribution is 2.25. The Morgan fingerprint density at radius 1 is 1.25 bits per heavy atom. The topological polar surface area (TPSA) is 114 Å². The van der Waals surface area contributed by atoms with Gasteiger partial charge in [-0.2, -0.15) is 5.10 Å². The summed E-state index contributed by atoms with van der Waals surface area (Å²) in [7, 11) is 1.76. The van der Waals surface area contributed by atoms with E-state index in [2.05, 4.69) is 41.9 Å². The van der Waals surface area contributed by atoms with Gasteiger partial charge in [0.25, 0.3) is 5.91 Å². The predicted molar refractivity (Wildman–Crippen MR) is 124 cm³/mol. The molecule has 1 saturated heterocycles. The summed E-state index contributed by atoms with van der Waals surface area (Å²) in [6, 6.07) is 3.26. The number of hydrogen-bond donors (Lipinski definition) is 2. The van der Waals surface area contributed by atoms with Crippen LogP contribution in [0, 0.1) is 0 Å². The maximum atomic E-state index is 12.5. The van der Waals surface area contributed by atoms with E-state index < -0.39 is 5.60 Å². The molecule has 2 amide bonds. The molecule has 12 heteroatoms. The fraction of sp³-hybridized carbons (Fsp3) is 0.550. The second kappa shape index (κ2) is 10.0. The Balaban J connectivity index is 1.47. The average Bonchev–Trinajstić information content (AvgIpc) is 2.98. The summed E-state index contributed by atoms with van der Waals surface area (Å²) in [4.78, 5) is 26.3. The Morgan fingerprint density at radius 2 is 1.94 bits per heavy atom. The lowest BCUT2D eigenvalue weighted by atomic mass is 10.1. The van der Waals surface area contributed by atoms with Crippen molar-refractivity contribution in [1.29, 1.82) is 0 Å². The molecule has 3 heterocycles. The van der Waals surface area contributed by atoms with Crippen molar-refractivity contribution in [3.8, 4) is 0 Å². The minimum atomic E-state index is -0.525. The van der Waals surface area contributed by atoms with Gasteiger partial charge in [-0.25, -0.2) is 4.79 Å². The first kappa shape index (κ1) is 24.2. The number of nitrogens with one attached hydrogen (secondary N) is 2. The zero-order valence-electron chi connectivity index (χ0n) is 18.5. The average molecular weight is 529 g/mol. The van der Waals surface area contributed by atoms with Crippen LogP contribution < -0.4 is 10.6 Å². The highest BCUT2D eigenvalue weighted by atomic mass is 79.9. The quantitative estimate of drug-likeness (QED) is 0.611. The number of rotatable bonds is 5. The molecule has 0 aliphatic carbocycles. The molecule has 0 spiro atoms. The normalized spacial score (nSPS) is 14.9. The Kier molecular flexibility index (Phi) is 7.60. The highest BCUT2D eigenvalue weighted by Gasteiger charge is 2.27. The van der Waals surface area contributed by atoms with Crippen molar-refractivity contribution < 1.29 is 14.3 Å². The Hall–Kier alpha value is -2.40. The van der Waals surface area contributed by atoms with Gasteiger partial charge in [0.1, 0.15) is 16.6 Å². The number of likely N-dealkylation sites (tertiary alicyclic amines) is 1. The Bertz CT molecular complexity index is 967. The van der Waals surface area contributed by atoms with Crippen LogP contribution in [0.4, 0.5) is 10.6 Å². The van der Waals surface area contributed by atoms with E-state index in [0.717, 1.165) is 10.2 Å². The van der Waals surface area contributed by atoms with Crippen LogP contribution in [0.1, 0.15) is 49.8 Å². The van der Waals surface area contributed by atoms with Crippen LogP contribution in [0.25, 0.3) is 0 Å². The lowest BCUT2D eigenvalue weighted by Crippen LogP contribution is -2.47. The Morgan fingerprint density at radius 3 is 2.47 bits per heavy atom. The van der Waals surface area contributed by atoms with Gasteiger partial charge in [0.2, 0.25) is 0 Å². The molecule has 0 unspecified atom stereocenters. The zero-order valence-corrected chi connectivity index (χ0v) is 20.8. The van der Waals surface area contributed by atoms with Crippen molar-refractivity contribution in [1.82, 2.24) is 30.2 Å². The number of ether oxygens (including phenoxy) is 1. The number of anilines is 1. The van der Waals surface area contributed by atoms with Crippen LogP contribution in [-0.4, -0.2) is 61.6 Å². The van der Waals surface area contributed by atoms with Crippen LogP contribution in [0.3, 0.4) is 0 Å². The van der Waals surface area contributed by atoms with Crippen LogP contribution in [-0.2, 0) is 18.3 Å². The van der Waals surface area contributed by atoms with Gasteiger partial charge in [-0.05, 0) is 61.7 Å². The molecule has 10 nitrogen and oxygen atoms in total. The van der Waals surface area contributed by atoms with E-state index in [0.29, 0.717) is 43.4 Å². The standard InChI is InChI=1S/C20H27BrClN7O3/c1-20(2,3)32-19(31)29-9-7-12(8-10-29)24-18(30)13-5-6-15(26-25-13)23-11-14-16(21)17(22)28(4)27-14/h5-6,12H,7-11H2,1-4H3,(H,23,26)(H,24,30). The highest BCUT2D eigenvalue weighted by molar-refractivity contribution is 9.10. The van der Waals surface area contributed by atoms with E-state index in [1.54, 1.807) is 28.8 Å². The van der Waals surface area contributed by atoms with E-state index >= 15 is 0 Å². The Labute approximate surface area is 200 Å². The van der Waals surface area contributed by atoms with Crippen LogP contribution in [0.5, 0.6) is 0 Å². The molecule has 1 aliphatic heterocycles. The number of carbonyl (C=O) groups is 2. The molecule has 0 atom stereocenters. The third-order valence-electron chi connectivity index (χ3n) is 4.81. The molecule has 1 fully saturated rings. The molecule has 3 rings (SSSR count). The van der Waals surface area contributed by atoms with Crippen LogP contribution >= 0.6 is 27.5 Å². The van der Waals surface area contributed by atoms with Gasteiger partial charge >= 0.3 is 6.09 Å². The summed E-state index contributed by atoms with van der Waals surface area (Å²) in [6.07, 6.45) is 0.982. The zero-order chi connectivity index (χ0) is 23.5. The summed E-state index contributed by atoms with van der Waals surface area (Å²) in [6.45, 7) is 6.98. The summed E-state index contributed by atoms with van der Waals surface area (Å²) >= 11 is 9.50. The van der Waals surface area contributed by atoms with Gasteiger partial charge in [-0.3, -0.25) is 9.48 Å². The first-order valence-electron chi connectivity index (χ1n) is 10.3. The van der Waals surface area contributed by atoms with E-state index in [1.165, 1.54) is 0 Å². The van der Waals surface area contributed by atoms with Gasteiger partial charge in [0.05, 0.1) is 16.7 Å². The van der Waals surface area contributed by atoms with Gasteiger partial charge in [-0.1, -0.05) is 11.6 Å². The molecular formula is C20H27BrClN7O3. The molecule has 1 aliphatic rings. The third-order valence-corrected chi connectivity index (χ3v) is 6.30. The molecule has 2 aromatic rings. The lowest BCUT2D eigenvalue weighted by Gasteiger charge is -2.33. The number of amides is 2. The van der Waals surface area contributed by atoms with E-state index in [9.17, 15) is 9.59 Å². The second-order valence-corrected chi connectivity index (χ2v) is 9.70. The van der Waals surface area contributed by atoms with Crippen molar-refractivity contribution in [2.24, 2.45) is 7.05 Å². The first-order chi connectivity index (χ1) is 15.0. The monoisotopic (exact) mass is 527 g/mol. The van der Waals surface area contributed by atoms with Gasteiger partial charge in [0, 0.05) is 26.2 Å². The molecule has 0 aromatic carbocycles. The minimum Gasteiger partial charge on any atom is -0.444 e. The van der Waals surface area contributed by atoms with E-state index in [1.807, 2.05) is 20.8 Å². The first-order valence-corrected chi connectivity index (χ1v) is 11.4. The number of halogens is 2. The van der Waals surface area contributed by atoms with Gasteiger partial charge in [-0.15, -0.1) is 10.2 Å². The van der Waals surface area contributed by atoms with Gasteiger partial charge in [0.15, 0.2) is 5.69 Å². The summed E-state index contributed by atoms with van der Waals surface area (Å²) < 4.78 is 7.68. The van der Waals surface area contributed by atoms with Crippen LogP contribution in [0.15, 0.2) is 16.6 Å². The summed E-state index contributed by atoms with van der Waals surface area (Å²) in [5.74, 6) is 0.222. The largest absolute Gasteiger partial charge is 0.444 e. The van der Waals surface area contributed by atoms with E-state index in [4.69, 9.17) is 16.3 Å². The number of aryl methyl sites for hydroxylation is 1. The molecule has 0 bridgehead atoms. The molecule has 2 aromatic heterocycles. The van der Waals surface area contributed by atoms with Crippen LogP contribution in [0.2, 0.25) is 5.15 Å². The number of carbonyl (C=O) groups excluding carboxylic acids is 2. The van der Waals surface area contributed by atoms with Crippen molar-refractivity contribution in [2.45, 2.75) is 51.8 Å². The second-order valence-electron chi connectivity index (χ2n) is 8.55. The van der Waals surface area contributed by atoms with Crippen molar-refractivity contribution >= 4 is 45.3 Å². The van der Waals surface area contributed by atoms with Crippen molar-refractivity contribution in [3.05, 3.63) is 33.1 Å². The smallest absolute Gasteiger partial charge is 0.410 e. The predicted octanol–water partition coefficient (Wildman–Crippen LogP) is 3.37. The van der Waals surface area contributed by atoms with Crippen molar-refractivity contribution in [3.63, 3.8) is 0 Å². The summed E-state index contributed by atoms with van der Waals surface area (Å²) in [5.41, 5.74) is 0.439. The maximum Gasteiger partial charge on any atom is 0.410 e. The lowest BCUT2D eigenvalue weighted by molar-refractivity contribution is 0.0199. The summed E-state index contributed by atoms with van der Waals surface area (Å²) in [5, 5.41) is 18.9.